The topological polar surface area (TPSA) is 21.6 Å². The highest BCUT2D eigenvalue weighted by Crippen LogP contribution is 2.23. The lowest BCUT2D eigenvalue weighted by Crippen LogP contribution is -2.19. The van der Waals surface area contributed by atoms with Gasteiger partial charge in [0.25, 0.3) is 0 Å². The molecule has 2 heteroatoms. The Morgan fingerprint density at radius 1 is 1.67 bits per heavy atom. The predicted molar refractivity (Wildman–Crippen MR) is 51.2 cm³/mol. The zero-order valence-electron chi connectivity index (χ0n) is 8.08. The molecule has 0 aliphatic carbocycles. The first-order valence-electron chi connectivity index (χ1n) is 4.49. The van der Waals surface area contributed by atoms with E-state index >= 15 is 0 Å². The molecule has 1 aliphatic heterocycles. The molecule has 0 saturated carbocycles. The van der Waals surface area contributed by atoms with Gasteiger partial charge >= 0.3 is 0 Å². The van der Waals surface area contributed by atoms with Crippen LogP contribution in [0.15, 0.2) is 17.3 Å². The number of hydrogen-bond acceptors (Lipinski definition) is 2. The molecule has 1 aliphatic rings. The Hall–Kier alpha value is -0.790. The van der Waals surface area contributed by atoms with Gasteiger partial charge in [-0.2, -0.15) is 0 Å². The number of hydrogen-bond donors (Lipinski definition) is 0. The van der Waals surface area contributed by atoms with Crippen molar-refractivity contribution in [2.24, 2.45) is 10.9 Å². The monoisotopic (exact) mass is 167 g/mol. The molecule has 0 bridgehead atoms. The minimum absolute atomic E-state index is 0.311. The first-order chi connectivity index (χ1) is 5.62. The highest BCUT2D eigenvalue weighted by molar-refractivity contribution is 5.58. The van der Waals surface area contributed by atoms with E-state index in [1.807, 2.05) is 19.2 Å². The summed E-state index contributed by atoms with van der Waals surface area (Å²) in [5.74, 6) is 0.673. The second-order valence-corrected chi connectivity index (χ2v) is 3.81. The highest BCUT2D eigenvalue weighted by atomic mass is 16.5. The first-order valence-corrected chi connectivity index (χ1v) is 4.49. The third kappa shape index (κ3) is 2.68. The van der Waals surface area contributed by atoms with Crippen LogP contribution in [-0.2, 0) is 4.74 Å². The largest absolute Gasteiger partial charge is 0.474 e. The summed E-state index contributed by atoms with van der Waals surface area (Å²) in [4.78, 5) is 4.39. The van der Waals surface area contributed by atoms with E-state index in [-0.39, 0.29) is 5.72 Å². The first kappa shape index (κ1) is 9.30. The van der Waals surface area contributed by atoms with Crippen molar-refractivity contribution in [3.05, 3.63) is 12.3 Å². The van der Waals surface area contributed by atoms with E-state index in [0.29, 0.717) is 5.92 Å². The maximum Gasteiger partial charge on any atom is 0.199 e. The van der Waals surface area contributed by atoms with Crippen LogP contribution in [0.5, 0.6) is 0 Å². The van der Waals surface area contributed by atoms with Gasteiger partial charge in [-0.05, 0) is 25.3 Å². The molecule has 0 N–H and O–H groups in total. The maximum atomic E-state index is 5.34. The van der Waals surface area contributed by atoms with E-state index in [2.05, 4.69) is 18.8 Å². The number of aliphatic imine (C=N–C) groups is 1. The summed E-state index contributed by atoms with van der Waals surface area (Å²) in [6, 6.07) is 0. The van der Waals surface area contributed by atoms with E-state index in [0.717, 1.165) is 12.8 Å². The van der Waals surface area contributed by atoms with Crippen molar-refractivity contribution in [2.75, 3.05) is 0 Å². The van der Waals surface area contributed by atoms with E-state index in [1.165, 1.54) is 0 Å². The lowest BCUT2D eigenvalue weighted by molar-refractivity contribution is 0.0732. The van der Waals surface area contributed by atoms with Crippen LogP contribution in [0.4, 0.5) is 0 Å². The van der Waals surface area contributed by atoms with E-state index in [1.54, 1.807) is 6.26 Å². The highest BCUT2D eigenvalue weighted by Gasteiger charge is 2.24. The predicted octanol–water partition coefficient (Wildman–Crippen LogP) is 2.75. The van der Waals surface area contributed by atoms with Crippen LogP contribution < -0.4 is 0 Å². The fourth-order valence-corrected chi connectivity index (χ4v) is 1.05. The minimum Gasteiger partial charge on any atom is -0.474 e. The van der Waals surface area contributed by atoms with Crippen LogP contribution in [0.2, 0.25) is 0 Å². The molecular formula is C10H17NO. The van der Waals surface area contributed by atoms with Crippen molar-refractivity contribution in [2.45, 2.75) is 39.3 Å². The van der Waals surface area contributed by atoms with Gasteiger partial charge in [0.1, 0.15) is 0 Å². The number of rotatable bonds is 3. The summed E-state index contributed by atoms with van der Waals surface area (Å²) >= 11 is 0. The van der Waals surface area contributed by atoms with Gasteiger partial charge in [0.2, 0.25) is 0 Å². The zero-order chi connectivity index (χ0) is 9.03. The Balaban J connectivity index is 2.34. The Kier molecular flexibility index (Phi) is 2.90. The normalized spacial score (nSPS) is 28.7. The maximum absolute atomic E-state index is 5.34. The van der Waals surface area contributed by atoms with Gasteiger partial charge in [-0.3, -0.25) is 4.99 Å². The average molecular weight is 167 g/mol. The summed E-state index contributed by atoms with van der Waals surface area (Å²) in [6.45, 7) is 6.37. The van der Waals surface area contributed by atoms with Crippen LogP contribution in [0.3, 0.4) is 0 Å². The van der Waals surface area contributed by atoms with Crippen LogP contribution in [0, 0.1) is 5.92 Å². The van der Waals surface area contributed by atoms with Crippen LogP contribution >= 0.6 is 0 Å². The Labute approximate surface area is 74.3 Å². The summed E-state index contributed by atoms with van der Waals surface area (Å²) in [5, 5.41) is 0. The van der Waals surface area contributed by atoms with Crippen molar-refractivity contribution in [1.82, 2.24) is 0 Å². The SMILES string of the molecule is CC(C)CC=NC1(C)CC=CO1. The van der Waals surface area contributed by atoms with Crippen molar-refractivity contribution >= 4 is 6.21 Å². The van der Waals surface area contributed by atoms with Gasteiger partial charge < -0.3 is 4.74 Å². The molecular weight excluding hydrogens is 150 g/mol. The fraction of sp³-hybridized carbons (Fsp3) is 0.700. The molecule has 0 amide bonds. The number of nitrogens with zero attached hydrogens (tertiary/aromatic N) is 1. The van der Waals surface area contributed by atoms with Crippen molar-refractivity contribution < 1.29 is 4.74 Å². The summed E-state index contributed by atoms with van der Waals surface area (Å²) in [7, 11) is 0. The Bertz CT molecular complexity index is 186. The molecule has 0 spiro atoms. The molecule has 0 saturated heterocycles. The second kappa shape index (κ2) is 3.74. The zero-order valence-corrected chi connectivity index (χ0v) is 8.08. The smallest absolute Gasteiger partial charge is 0.199 e. The summed E-state index contributed by atoms with van der Waals surface area (Å²) in [5.41, 5.74) is -0.311. The molecule has 1 atom stereocenters. The molecule has 68 valence electrons. The molecule has 1 unspecified atom stereocenters. The van der Waals surface area contributed by atoms with Gasteiger partial charge in [0.05, 0.1) is 6.26 Å². The standard InChI is InChI=1S/C10H17NO/c1-9(2)5-7-11-10(3)6-4-8-12-10/h4,7-9H,5-6H2,1-3H3. The molecule has 0 fully saturated rings. The van der Waals surface area contributed by atoms with Crippen molar-refractivity contribution in [1.29, 1.82) is 0 Å². The van der Waals surface area contributed by atoms with Gasteiger partial charge in [0, 0.05) is 12.6 Å². The lowest BCUT2D eigenvalue weighted by Gasteiger charge is -2.17. The van der Waals surface area contributed by atoms with Crippen LogP contribution in [-0.4, -0.2) is 11.9 Å². The van der Waals surface area contributed by atoms with Crippen LogP contribution in [0.25, 0.3) is 0 Å². The molecule has 0 aromatic heterocycles. The third-order valence-electron chi connectivity index (χ3n) is 1.86. The lowest BCUT2D eigenvalue weighted by atomic mass is 10.1. The fourth-order valence-electron chi connectivity index (χ4n) is 1.05. The van der Waals surface area contributed by atoms with Crippen LogP contribution in [0.1, 0.15) is 33.6 Å². The minimum atomic E-state index is -0.311. The molecule has 2 nitrogen and oxygen atoms in total. The third-order valence-corrected chi connectivity index (χ3v) is 1.86. The molecule has 0 radical (unpaired) electrons. The van der Waals surface area contributed by atoms with Gasteiger partial charge in [-0.25, -0.2) is 0 Å². The quantitative estimate of drug-likeness (QED) is 0.592. The van der Waals surface area contributed by atoms with Gasteiger partial charge in [-0.15, -0.1) is 0 Å². The molecule has 0 aromatic carbocycles. The summed E-state index contributed by atoms with van der Waals surface area (Å²) < 4.78 is 5.34. The summed E-state index contributed by atoms with van der Waals surface area (Å²) in [6.07, 6.45) is 7.62. The molecule has 1 rings (SSSR count). The van der Waals surface area contributed by atoms with E-state index < -0.39 is 0 Å². The van der Waals surface area contributed by atoms with E-state index in [4.69, 9.17) is 4.74 Å². The average Bonchev–Trinajstić information content (AvgIpc) is 2.35. The van der Waals surface area contributed by atoms with Crippen molar-refractivity contribution in [3.8, 4) is 0 Å². The second-order valence-electron chi connectivity index (χ2n) is 3.81. The Morgan fingerprint density at radius 2 is 2.42 bits per heavy atom. The van der Waals surface area contributed by atoms with E-state index in [9.17, 15) is 0 Å². The number of ether oxygens (including phenoxy) is 1. The molecule has 0 aromatic rings. The molecule has 1 heterocycles. The van der Waals surface area contributed by atoms with Crippen molar-refractivity contribution in [3.63, 3.8) is 0 Å². The van der Waals surface area contributed by atoms with Gasteiger partial charge in [-0.1, -0.05) is 13.8 Å². The van der Waals surface area contributed by atoms with Gasteiger partial charge in [0.15, 0.2) is 5.72 Å². The Morgan fingerprint density at radius 3 is 2.92 bits per heavy atom. The molecule has 12 heavy (non-hydrogen) atoms.